The van der Waals surface area contributed by atoms with E-state index in [9.17, 15) is 15.0 Å². The van der Waals surface area contributed by atoms with Crippen molar-refractivity contribution in [1.82, 2.24) is 0 Å². The van der Waals surface area contributed by atoms with E-state index in [1.54, 1.807) is 24.3 Å². The summed E-state index contributed by atoms with van der Waals surface area (Å²) in [6.07, 6.45) is 3.13. The molecule has 0 aliphatic heterocycles. The topological polar surface area (TPSA) is 66.8 Å². The predicted molar refractivity (Wildman–Crippen MR) is 103 cm³/mol. The fraction of sp³-hybridized carbons (Fsp3) is 0.409. The van der Waals surface area contributed by atoms with Crippen LogP contribution in [-0.2, 0) is 22.4 Å². The van der Waals surface area contributed by atoms with Gasteiger partial charge in [0.15, 0.2) is 0 Å². The molecule has 0 atom stereocenters. The molecule has 0 aliphatic rings. The van der Waals surface area contributed by atoms with E-state index in [-0.39, 0.29) is 17.5 Å². The zero-order chi connectivity index (χ0) is 19.1. The number of unbranched alkanes of at least 4 members (excludes halogenated alkanes) is 1. The minimum Gasteiger partial charge on any atom is -0.508 e. The molecule has 2 aromatic carbocycles. The van der Waals surface area contributed by atoms with Gasteiger partial charge in [0.05, 0.1) is 6.61 Å². The minimum atomic E-state index is -0.580. The lowest BCUT2D eigenvalue weighted by atomic mass is 9.88. The zero-order valence-corrected chi connectivity index (χ0v) is 15.8. The Kier molecular flexibility index (Phi) is 7.07. The monoisotopic (exact) mass is 356 g/mol. The van der Waals surface area contributed by atoms with E-state index < -0.39 is 5.92 Å². The average Bonchev–Trinajstić information content (AvgIpc) is 2.64. The molecule has 4 nitrogen and oxygen atoms in total. The molecule has 2 N–H and O–H groups in total. The number of hydrogen-bond donors (Lipinski definition) is 2. The Bertz CT molecular complexity index is 698. The zero-order valence-electron chi connectivity index (χ0n) is 15.8. The molecule has 2 rings (SSSR count). The molecule has 0 amide bonds. The van der Waals surface area contributed by atoms with Gasteiger partial charge < -0.3 is 14.9 Å². The number of aromatic hydroxyl groups is 2. The van der Waals surface area contributed by atoms with Gasteiger partial charge in [-0.2, -0.15) is 0 Å². The first-order valence-corrected chi connectivity index (χ1v) is 9.31. The van der Waals surface area contributed by atoms with Gasteiger partial charge in [-0.3, -0.25) is 4.79 Å². The fourth-order valence-corrected chi connectivity index (χ4v) is 3.00. The van der Waals surface area contributed by atoms with Crippen LogP contribution in [0.1, 0.15) is 61.8 Å². The van der Waals surface area contributed by atoms with Gasteiger partial charge in [0.1, 0.15) is 17.4 Å². The summed E-state index contributed by atoms with van der Waals surface area (Å²) in [5.74, 6) is -0.425. The largest absolute Gasteiger partial charge is 0.508 e. The molecule has 0 aliphatic carbocycles. The van der Waals surface area contributed by atoms with Crippen LogP contribution in [-0.4, -0.2) is 22.8 Å². The van der Waals surface area contributed by atoms with E-state index >= 15 is 0 Å². The third kappa shape index (κ3) is 4.57. The highest BCUT2D eigenvalue weighted by atomic mass is 16.5. The Hall–Kier alpha value is -2.49. The number of carbonyl (C=O) groups excluding carboxylic acids is 1. The fourth-order valence-electron chi connectivity index (χ4n) is 3.00. The summed E-state index contributed by atoms with van der Waals surface area (Å²) in [4.78, 5) is 12.8. The van der Waals surface area contributed by atoms with Gasteiger partial charge in [-0.05, 0) is 53.6 Å². The molecular weight excluding hydrogens is 328 g/mol. The highest BCUT2D eigenvalue weighted by Gasteiger charge is 2.26. The van der Waals surface area contributed by atoms with Crippen LogP contribution in [0.3, 0.4) is 0 Å². The van der Waals surface area contributed by atoms with E-state index in [1.165, 1.54) is 0 Å². The van der Waals surface area contributed by atoms with Gasteiger partial charge in [-0.25, -0.2) is 0 Å². The van der Waals surface area contributed by atoms with Crippen molar-refractivity contribution in [2.75, 3.05) is 6.61 Å². The van der Waals surface area contributed by atoms with Crippen molar-refractivity contribution < 1.29 is 19.7 Å². The number of phenols is 2. The molecule has 0 heterocycles. The predicted octanol–water partition coefficient (Wildman–Crippen LogP) is 4.70. The molecule has 4 heteroatoms. The maximum absolute atomic E-state index is 12.8. The van der Waals surface area contributed by atoms with Gasteiger partial charge in [0.2, 0.25) is 0 Å². The molecule has 0 bridgehead atoms. The Morgan fingerprint density at radius 2 is 1.42 bits per heavy atom. The number of ether oxygens (including phenoxy) is 1. The van der Waals surface area contributed by atoms with Gasteiger partial charge in [-0.15, -0.1) is 0 Å². The molecule has 0 radical (unpaired) electrons. The van der Waals surface area contributed by atoms with Crippen LogP contribution in [0.25, 0.3) is 0 Å². The quantitative estimate of drug-likeness (QED) is 0.531. The Morgan fingerprint density at radius 3 is 1.85 bits per heavy atom. The smallest absolute Gasteiger partial charge is 0.317 e. The summed E-state index contributed by atoms with van der Waals surface area (Å²) in [6, 6.07) is 10.5. The summed E-state index contributed by atoms with van der Waals surface area (Å²) in [5, 5.41) is 19.9. The number of carbonyl (C=O) groups is 1. The Balaban J connectivity index is 2.46. The highest BCUT2D eigenvalue weighted by Crippen LogP contribution is 2.32. The third-order valence-electron chi connectivity index (χ3n) is 4.61. The number of rotatable bonds is 8. The van der Waals surface area contributed by atoms with E-state index in [0.717, 1.165) is 35.1 Å². The standard InChI is InChI=1S/C22H28O4/c1-4-7-12-26-22(25)21(17-8-10-19(23)15(5-2)13-17)18-9-11-20(24)16(6-3)14-18/h8-11,13-14,21,23-24H,4-7,12H2,1-3H3. The van der Waals surface area contributed by atoms with Crippen molar-refractivity contribution in [3.05, 3.63) is 58.7 Å². The first kappa shape index (κ1) is 19.8. The van der Waals surface area contributed by atoms with E-state index in [2.05, 4.69) is 0 Å². The van der Waals surface area contributed by atoms with Gasteiger partial charge in [-0.1, -0.05) is 51.5 Å². The SMILES string of the molecule is CCCCOC(=O)C(c1ccc(O)c(CC)c1)c1ccc(O)c(CC)c1. The van der Waals surface area contributed by atoms with Crippen molar-refractivity contribution in [2.24, 2.45) is 0 Å². The number of hydrogen-bond acceptors (Lipinski definition) is 4. The molecule has 140 valence electrons. The highest BCUT2D eigenvalue weighted by molar-refractivity contribution is 5.82. The summed E-state index contributed by atoms with van der Waals surface area (Å²) in [5.41, 5.74) is 3.16. The summed E-state index contributed by atoms with van der Waals surface area (Å²) in [7, 11) is 0. The molecule has 2 aromatic rings. The first-order chi connectivity index (χ1) is 12.5. The van der Waals surface area contributed by atoms with Crippen LogP contribution in [0.5, 0.6) is 11.5 Å². The Labute approximate surface area is 155 Å². The van der Waals surface area contributed by atoms with Crippen molar-refractivity contribution in [2.45, 2.75) is 52.4 Å². The lowest BCUT2D eigenvalue weighted by molar-refractivity contribution is -0.144. The van der Waals surface area contributed by atoms with E-state index in [4.69, 9.17) is 4.74 Å². The molecule has 0 unspecified atom stereocenters. The van der Waals surface area contributed by atoms with E-state index in [1.807, 2.05) is 32.9 Å². The molecule has 26 heavy (non-hydrogen) atoms. The van der Waals surface area contributed by atoms with Crippen molar-refractivity contribution in [3.63, 3.8) is 0 Å². The Morgan fingerprint density at radius 1 is 0.923 bits per heavy atom. The molecule has 0 fully saturated rings. The average molecular weight is 356 g/mol. The number of phenolic OH excluding ortho intramolecular Hbond substituents is 2. The van der Waals surface area contributed by atoms with Crippen molar-refractivity contribution in [3.8, 4) is 11.5 Å². The van der Waals surface area contributed by atoms with Gasteiger partial charge in [0, 0.05) is 0 Å². The third-order valence-corrected chi connectivity index (χ3v) is 4.61. The maximum Gasteiger partial charge on any atom is 0.317 e. The van der Waals surface area contributed by atoms with Gasteiger partial charge >= 0.3 is 5.97 Å². The van der Waals surface area contributed by atoms with Crippen LogP contribution < -0.4 is 0 Å². The van der Waals surface area contributed by atoms with Crippen LogP contribution >= 0.6 is 0 Å². The van der Waals surface area contributed by atoms with Crippen LogP contribution in [0.15, 0.2) is 36.4 Å². The second-order valence-corrected chi connectivity index (χ2v) is 6.44. The van der Waals surface area contributed by atoms with Crippen molar-refractivity contribution >= 4 is 5.97 Å². The summed E-state index contributed by atoms with van der Waals surface area (Å²) in [6.45, 7) is 6.36. The number of esters is 1. The molecule has 0 aromatic heterocycles. The lowest BCUT2D eigenvalue weighted by Gasteiger charge is -2.19. The molecular formula is C22H28O4. The lowest BCUT2D eigenvalue weighted by Crippen LogP contribution is -2.18. The maximum atomic E-state index is 12.8. The van der Waals surface area contributed by atoms with Crippen LogP contribution in [0.4, 0.5) is 0 Å². The van der Waals surface area contributed by atoms with Crippen LogP contribution in [0, 0.1) is 0 Å². The summed E-state index contributed by atoms with van der Waals surface area (Å²) >= 11 is 0. The van der Waals surface area contributed by atoms with Crippen LogP contribution in [0.2, 0.25) is 0 Å². The minimum absolute atomic E-state index is 0.231. The number of aryl methyl sites for hydroxylation is 2. The second kappa shape index (κ2) is 9.27. The molecule has 0 spiro atoms. The van der Waals surface area contributed by atoms with E-state index in [0.29, 0.717) is 19.4 Å². The first-order valence-electron chi connectivity index (χ1n) is 9.31. The van der Waals surface area contributed by atoms with Crippen molar-refractivity contribution in [1.29, 1.82) is 0 Å². The van der Waals surface area contributed by atoms with Gasteiger partial charge in [0.25, 0.3) is 0 Å². The molecule has 0 saturated carbocycles. The summed E-state index contributed by atoms with van der Waals surface area (Å²) < 4.78 is 5.50. The normalized spacial score (nSPS) is 10.9. The number of benzene rings is 2. The second-order valence-electron chi connectivity index (χ2n) is 6.44. The molecule has 0 saturated heterocycles.